The van der Waals surface area contributed by atoms with Crippen LogP contribution in [-0.2, 0) is 16.0 Å². The number of nitrogens with two attached hydrogens (primary N) is 1. The third-order valence-corrected chi connectivity index (χ3v) is 4.39. The summed E-state index contributed by atoms with van der Waals surface area (Å²) in [4.78, 5) is 25.3. The highest BCUT2D eigenvalue weighted by Crippen LogP contribution is 2.09. The monoisotopic (exact) mass is 391 g/mol. The van der Waals surface area contributed by atoms with Crippen LogP contribution in [0.15, 0.2) is 30.3 Å². The molecule has 3 atom stereocenters. The van der Waals surface area contributed by atoms with E-state index < -0.39 is 37.0 Å². The molecule has 0 fully saturated rings. The lowest BCUT2D eigenvalue weighted by atomic mass is 9.75. The Morgan fingerprint density at radius 3 is 2.04 bits per heavy atom. The Morgan fingerprint density at radius 2 is 1.54 bits per heavy atom. The molecule has 0 aromatic heterocycles. The Labute approximate surface area is 168 Å². The van der Waals surface area contributed by atoms with Gasteiger partial charge >= 0.3 is 7.12 Å². The molecule has 0 saturated carbocycles. The van der Waals surface area contributed by atoms with E-state index in [0.29, 0.717) is 12.8 Å². The van der Waals surface area contributed by atoms with Crippen molar-refractivity contribution < 1.29 is 19.6 Å². The second kappa shape index (κ2) is 11.8. The van der Waals surface area contributed by atoms with Gasteiger partial charge in [0.2, 0.25) is 11.8 Å². The van der Waals surface area contributed by atoms with E-state index in [1.54, 1.807) is 0 Å². The van der Waals surface area contributed by atoms with E-state index in [9.17, 15) is 19.6 Å². The van der Waals surface area contributed by atoms with Gasteiger partial charge in [0.05, 0.1) is 12.0 Å². The minimum Gasteiger partial charge on any atom is -0.426 e. The van der Waals surface area contributed by atoms with Crippen molar-refractivity contribution in [2.24, 2.45) is 17.6 Å². The van der Waals surface area contributed by atoms with Crippen molar-refractivity contribution in [3.05, 3.63) is 35.9 Å². The van der Waals surface area contributed by atoms with Gasteiger partial charge < -0.3 is 26.4 Å². The SMILES string of the molecule is CC(C)C[C@H](NC(=O)[C@H](Cc1ccccc1)NC(=O)[C@@H](N)CC(C)C)B(O)O. The first-order valence-corrected chi connectivity index (χ1v) is 9.86. The van der Waals surface area contributed by atoms with Crippen LogP contribution in [0.5, 0.6) is 0 Å². The van der Waals surface area contributed by atoms with E-state index in [2.05, 4.69) is 10.6 Å². The maximum atomic E-state index is 12.8. The predicted molar refractivity (Wildman–Crippen MR) is 111 cm³/mol. The van der Waals surface area contributed by atoms with Gasteiger partial charge in [0.25, 0.3) is 0 Å². The number of hydrogen-bond donors (Lipinski definition) is 5. The quantitative estimate of drug-likeness (QED) is 0.354. The Bertz CT molecular complexity index is 611. The zero-order chi connectivity index (χ0) is 21.3. The molecule has 28 heavy (non-hydrogen) atoms. The van der Waals surface area contributed by atoms with Gasteiger partial charge in [-0.25, -0.2) is 0 Å². The predicted octanol–water partition coefficient (Wildman–Crippen LogP) is 0.630. The Morgan fingerprint density at radius 1 is 0.964 bits per heavy atom. The van der Waals surface area contributed by atoms with Crippen LogP contribution in [-0.4, -0.2) is 47.0 Å². The van der Waals surface area contributed by atoms with Gasteiger partial charge in [0.1, 0.15) is 6.04 Å². The summed E-state index contributed by atoms with van der Waals surface area (Å²) in [6, 6.07) is 7.75. The van der Waals surface area contributed by atoms with E-state index in [1.807, 2.05) is 58.0 Å². The molecule has 0 aliphatic heterocycles. The lowest BCUT2D eigenvalue weighted by Gasteiger charge is -2.25. The first-order valence-electron chi connectivity index (χ1n) is 9.86. The van der Waals surface area contributed by atoms with Gasteiger partial charge in [-0.2, -0.15) is 0 Å². The fourth-order valence-electron chi connectivity index (χ4n) is 3.00. The van der Waals surface area contributed by atoms with Crippen LogP contribution in [0.2, 0.25) is 0 Å². The zero-order valence-corrected chi connectivity index (χ0v) is 17.3. The molecule has 8 heteroatoms. The molecule has 0 aliphatic carbocycles. The lowest BCUT2D eigenvalue weighted by molar-refractivity contribution is -0.130. The van der Waals surface area contributed by atoms with E-state index in [4.69, 9.17) is 5.73 Å². The van der Waals surface area contributed by atoms with Gasteiger partial charge in [-0.1, -0.05) is 58.0 Å². The maximum absolute atomic E-state index is 12.8. The second-order valence-electron chi connectivity index (χ2n) is 8.15. The van der Waals surface area contributed by atoms with Crippen molar-refractivity contribution in [2.75, 3.05) is 0 Å². The van der Waals surface area contributed by atoms with Crippen LogP contribution in [0.25, 0.3) is 0 Å². The number of amides is 2. The molecule has 156 valence electrons. The van der Waals surface area contributed by atoms with Crippen molar-refractivity contribution >= 4 is 18.9 Å². The average Bonchev–Trinajstić information content (AvgIpc) is 2.60. The van der Waals surface area contributed by atoms with Gasteiger partial charge in [-0.05, 0) is 30.2 Å². The fraction of sp³-hybridized carbons (Fsp3) is 0.600. The molecule has 7 nitrogen and oxygen atoms in total. The first-order chi connectivity index (χ1) is 13.1. The molecule has 0 saturated heterocycles. The van der Waals surface area contributed by atoms with Crippen molar-refractivity contribution in [1.82, 2.24) is 10.6 Å². The molecule has 6 N–H and O–H groups in total. The molecule has 2 amide bonds. The van der Waals surface area contributed by atoms with Gasteiger partial charge in [0.15, 0.2) is 0 Å². The molecule has 0 heterocycles. The zero-order valence-electron chi connectivity index (χ0n) is 17.3. The summed E-state index contributed by atoms with van der Waals surface area (Å²) in [5.41, 5.74) is 6.83. The van der Waals surface area contributed by atoms with E-state index in [1.165, 1.54) is 0 Å². The summed E-state index contributed by atoms with van der Waals surface area (Å²) < 4.78 is 0. The second-order valence-corrected chi connectivity index (χ2v) is 8.15. The number of rotatable bonds is 11. The van der Waals surface area contributed by atoms with Crippen LogP contribution in [0.3, 0.4) is 0 Å². The summed E-state index contributed by atoms with van der Waals surface area (Å²) in [5, 5.41) is 24.6. The lowest BCUT2D eigenvalue weighted by Crippen LogP contribution is -2.57. The number of carbonyl (C=O) groups is 2. The van der Waals surface area contributed by atoms with E-state index >= 15 is 0 Å². The topological polar surface area (TPSA) is 125 Å². The normalized spacial score (nSPS) is 14.5. The number of nitrogens with one attached hydrogen (secondary N) is 2. The standard InChI is InChI=1S/C20H34BN3O4/c1-13(2)10-16(22)19(25)23-17(12-15-8-6-5-7-9-15)20(26)24-18(21(27)28)11-14(3)4/h5-9,13-14,16-18,27-28H,10-12,22H2,1-4H3,(H,23,25)(H,24,26)/t16-,17-,18-/m0/s1. The molecular formula is C20H34BN3O4. The summed E-state index contributed by atoms with van der Waals surface area (Å²) in [7, 11) is -1.68. The molecule has 1 aromatic carbocycles. The molecule has 0 spiro atoms. The van der Waals surface area contributed by atoms with Gasteiger partial charge in [-0.15, -0.1) is 0 Å². The minimum absolute atomic E-state index is 0.161. The largest absolute Gasteiger partial charge is 0.475 e. The smallest absolute Gasteiger partial charge is 0.426 e. The summed E-state index contributed by atoms with van der Waals surface area (Å²) in [6.45, 7) is 7.80. The number of carbonyl (C=O) groups excluding carboxylic acids is 2. The summed E-state index contributed by atoms with van der Waals surface area (Å²) in [5.74, 6) is -1.26. The maximum Gasteiger partial charge on any atom is 0.475 e. The third-order valence-electron chi connectivity index (χ3n) is 4.39. The van der Waals surface area contributed by atoms with E-state index in [-0.39, 0.29) is 18.3 Å². The molecule has 1 rings (SSSR count). The van der Waals surface area contributed by atoms with E-state index in [0.717, 1.165) is 5.56 Å². The average molecular weight is 391 g/mol. The molecule has 0 bridgehead atoms. The van der Waals surface area contributed by atoms with Crippen molar-refractivity contribution in [3.63, 3.8) is 0 Å². The third kappa shape index (κ3) is 8.86. The molecule has 0 unspecified atom stereocenters. The van der Waals surface area contributed by atoms with Crippen LogP contribution in [0, 0.1) is 11.8 Å². The first kappa shape index (κ1) is 24.1. The molecule has 0 aliphatic rings. The van der Waals surface area contributed by atoms with Crippen molar-refractivity contribution in [3.8, 4) is 0 Å². The highest BCUT2D eigenvalue weighted by Gasteiger charge is 2.30. The Balaban J connectivity index is 2.92. The highest BCUT2D eigenvalue weighted by molar-refractivity contribution is 6.43. The molecule has 1 aromatic rings. The Kier molecular flexibility index (Phi) is 10.2. The number of hydrogen-bond acceptors (Lipinski definition) is 5. The van der Waals surface area contributed by atoms with Crippen LogP contribution < -0.4 is 16.4 Å². The Hall–Kier alpha value is -1.90. The highest BCUT2D eigenvalue weighted by atomic mass is 16.4. The molecule has 0 radical (unpaired) electrons. The van der Waals surface area contributed by atoms with Crippen LogP contribution in [0.1, 0.15) is 46.1 Å². The van der Waals surface area contributed by atoms with Gasteiger partial charge in [-0.3, -0.25) is 9.59 Å². The minimum atomic E-state index is -1.68. The number of benzene rings is 1. The van der Waals surface area contributed by atoms with Gasteiger partial charge in [0, 0.05) is 6.42 Å². The van der Waals surface area contributed by atoms with Crippen LogP contribution in [0.4, 0.5) is 0 Å². The van der Waals surface area contributed by atoms with Crippen molar-refractivity contribution in [2.45, 2.75) is 65.0 Å². The molecular weight excluding hydrogens is 357 g/mol. The summed E-state index contributed by atoms with van der Waals surface area (Å²) >= 11 is 0. The van der Waals surface area contributed by atoms with Crippen LogP contribution >= 0.6 is 0 Å². The summed E-state index contributed by atoms with van der Waals surface area (Å²) in [6.07, 6.45) is 1.20. The fourth-order valence-corrected chi connectivity index (χ4v) is 3.00. The van der Waals surface area contributed by atoms with Crippen molar-refractivity contribution in [1.29, 1.82) is 0 Å².